The number of hydrogen-bond acceptors (Lipinski definition) is 4. The van der Waals surface area contributed by atoms with Gasteiger partial charge in [0.05, 0.1) is 19.3 Å². The molecule has 1 N–H and O–H groups in total. The lowest BCUT2D eigenvalue weighted by molar-refractivity contribution is -0.134. The first-order valence-electron chi connectivity index (χ1n) is 12.8. The fourth-order valence-electron chi connectivity index (χ4n) is 5.34. The maximum Gasteiger partial charge on any atom is 0.273 e. The van der Waals surface area contributed by atoms with E-state index in [9.17, 15) is 9.59 Å². The Hall–Kier alpha value is -3.61. The van der Waals surface area contributed by atoms with E-state index in [1.165, 1.54) is 6.42 Å². The summed E-state index contributed by atoms with van der Waals surface area (Å²) in [6, 6.07) is 17.6. The Bertz CT molecular complexity index is 1260. The van der Waals surface area contributed by atoms with E-state index in [4.69, 9.17) is 9.84 Å². The standard InChI is InChI=1S/C29H34N4O3/c1-20-9-7-8-10-22(20)18-32-27(34)26-17-25(21-13-15-24(36-3)16-14-21)31-33(26)19-29(32,2)28(35)30-23-11-5-4-6-12-23/h7-10,13-17,23H,4-6,11-12,18-19H2,1-3H3,(H,30,35)/t29-/m1/s1. The van der Waals surface area contributed by atoms with E-state index in [1.807, 2.05) is 68.4 Å². The summed E-state index contributed by atoms with van der Waals surface area (Å²) in [5, 5.41) is 8.03. The van der Waals surface area contributed by atoms with Crippen LogP contribution in [0.15, 0.2) is 54.6 Å². The van der Waals surface area contributed by atoms with Gasteiger partial charge in [-0.15, -0.1) is 0 Å². The molecule has 1 aliphatic carbocycles. The van der Waals surface area contributed by atoms with E-state index < -0.39 is 5.54 Å². The molecule has 7 heteroatoms. The summed E-state index contributed by atoms with van der Waals surface area (Å²) in [6.07, 6.45) is 5.45. The van der Waals surface area contributed by atoms with Crippen molar-refractivity contribution in [2.24, 2.45) is 0 Å². The van der Waals surface area contributed by atoms with Gasteiger partial charge in [-0.1, -0.05) is 43.5 Å². The van der Waals surface area contributed by atoms with E-state index in [-0.39, 0.29) is 17.9 Å². The number of aryl methyl sites for hydroxylation is 1. The Balaban J connectivity index is 1.51. The Labute approximate surface area is 212 Å². The van der Waals surface area contributed by atoms with Crippen LogP contribution in [-0.2, 0) is 17.9 Å². The highest BCUT2D eigenvalue weighted by atomic mass is 16.5. The normalized spacial score (nSPS) is 20.2. The van der Waals surface area contributed by atoms with Crippen LogP contribution in [0.3, 0.4) is 0 Å². The Kier molecular flexibility index (Phi) is 6.56. The largest absolute Gasteiger partial charge is 0.497 e. The molecule has 2 heterocycles. The van der Waals surface area contributed by atoms with Crippen molar-refractivity contribution in [1.29, 1.82) is 0 Å². The number of nitrogens with zero attached hydrogens (tertiary/aromatic N) is 3. The number of carbonyl (C=O) groups is 2. The van der Waals surface area contributed by atoms with Gasteiger partial charge in [-0.05, 0) is 68.1 Å². The van der Waals surface area contributed by atoms with Gasteiger partial charge in [-0.3, -0.25) is 14.3 Å². The van der Waals surface area contributed by atoms with Crippen molar-refractivity contribution < 1.29 is 14.3 Å². The number of carbonyl (C=O) groups excluding carboxylic acids is 2. The summed E-state index contributed by atoms with van der Waals surface area (Å²) in [7, 11) is 1.63. The fraction of sp³-hybridized carbons (Fsp3) is 0.414. The molecule has 2 amide bonds. The smallest absolute Gasteiger partial charge is 0.273 e. The molecular formula is C29H34N4O3. The molecule has 1 aromatic heterocycles. The molecule has 1 saturated carbocycles. The number of aromatic nitrogens is 2. The number of methoxy groups -OCH3 is 1. The molecule has 1 atom stereocenters. The van der Waals surface area contributed by atoms with Crippen molar-refractivity contribution in [2.75, 3.05) is 7.11 Å². The van der Waals surface area contributed by atoms with Gasteiger partial charge >= 0.3 is 0 Å². The topological polar surface area (TPSA) is 76.5 Å². The van der Waals surface area contributed by atoms with E-state index in [1.54, 1.807) is 16.7 Å². The Morgan fingerprint density at radius 3 is 2.53 bits per heavy atom. The lowest BCUT2D eigenvalue weighted by Gasteiger charge is -2.44. The predicted octanol–water partition coefficient (Wildman–Crippen LogP) is 4.73. The average molecular weight is 487 g/mol. The molecule has 0 unspecified atom stereocenters. The van der Waals surface area contributed by atoms with Crippen LogP contribution in [0, 0.1) is 6.92 Å². The molecule has 1 aliphatic heterocycles. The van der Waals surface area contributed by atoms with Gasteiger partial charge in [-0.25, -0.2) is 0 Å². The van der Waals surface area contributed by atoms with Crippen molar-refractivity contribution in [3.63, 3.8) is 0 Å². The zero-order chi connectivity index (χ0) is 25.3. The van der Waals surface area contributed by atoms with Gasteiger partial charge in [0.15, 0.2) is 0 Å². The number of amides is 2. The summed E-state index contributed by atoms with van der Waals surface area (Å²) >= 11 is 0. The second-order valence-electron chi connectivity index (χ2n) is 10.2. The van der Waals surface area contributed by atoms with Gasteiger partial charge in [0.2, 0.25) is 5.91 Å². The monoisotopic (exact) mass is 486 g/mol. The molecule has 2 aromatic carbocycles. The van der Waals surface area contributed by atoms with Crippen LogP contribution in [0.1, 0.15) is 60.6 Å². The minimum absolute atomic E-state index is 0.108. The highest BCUT2D eigenvalue weighted by Gasteiger charge is 2.48. The molecule has 188 valence electrons. The first-order chi connectivity index (χ1) is 17.4. The molecule has 1 fully saturated rings. The molecule has 2 aliphatic rings. The second kappa shape index (κ2) is 9.80. The van der Waals surface area contributed by atoms with Crippen LogP contribution in [-0.4, -0.2) is 45.2 Å². The van der Waals surface area contributed by atoms with Crippen LogP contribution in [0.25, 0.3) is 11.3 Å². The average Bonchev–Trinajstić information content (AvgIpc) is 3.32. The highest BCUT2D eigenvalue weighted by molar-refractivity contribution is 6.00. The van der Waals surface area contributed by atoms with Crippen LogP contribution >= 0.6 is 0 Å². The third-order valence-electron chi connectivity index (χ3n) is 7.70. The van der Waals surface area contributed by atoms with Crippen molar-refractivity contribution in [3.8, 4) is 17.0 Å². The number of nitrogens with one attached hydrogen (secondary N) is 1. The van der Waals surface area contributed by atoms with E-state index in [2.05, 4.69) is 5.32 Å². The van der Waals surface area contributed by atoms with Crippen LogP contribution in [0.4, 0.5) is 0 Å². The van der Waals surface area contributed by atoms with Crippen molar-refractivity contribution in [2.45, 2.75) is 70.6 Å². The molecule has 0 bridgehead atoms. The summed E-state index contributed by atoms with van der Waals surface area (Å²) < 4.78 is 6.97. The first kappa shape index (κ1) is 24.1. The minimum Gasteiger partial charge on any atom is -0.497 e. The second-order valence-corrected chi connectivity index (χ2v) is 10.2. The van der Waals surface area contributed by atoms with Gasteiger partial charge in [0.1, 0.15) is 17.0 Å². The fourth-order valence-corrected chi connectivity index (χ4v) is 5.34. The molecule has 0 radical (unpaired) electrons. The van der Waals surface area contributed by atoms with Gasteiger partial charge < -0.3 is 15.0 Å². The zero-order valence-corrected chi connectivity index (χ0v) is 21.3. The van der Waals surface area contributed by atoms with Crippen LogP contribution < -0.4 is 10.1 Å². The summed E-state index contributed by atoms with van der Waals surface area (Å²) in [6.45, 7) is 4.58. The summed E-state index contributed by atoms with van der Waals surface area (Å²) in [4.78, 5) is 29.5. The van der Waals surface area contributed by atoms with Gasteiger partial charge in [0.25, 0.3) is 5.91 Å². The predicted molar refractivity (Wildman–Crippen MR) is 139 cm³/mol. The van der Waals surface area contributed by atoms with Crippen LogP contribution in [0.2, 0.25) is 0 Å². The number of rotatable bonds is 6. The molecule has 0 spiro atoms. The number of fused-ring (bicyclic) bond motifs is 1. The van der Waals surface area contributed by atoms with E-state index in [0.717, 1.165) is 48.1 Å². The first-order valence-corrected chi connectivity index (χ1v) is 12.8. The van der Waals surface area contributed by atoms with Gasteiger partial charge in [-0.2, -0.15) is 5.10 Å². The Morgan fingerprint density at radius 2 is 1.83 bits per heavy atom. The number of hydrogen-bond donors (Lipinski definition) is 1. The number of ether oxygens (including phenoxy) is 1. The molecule has 3 aromatic rings. The molecular weight excluding hydrogens is 452 g/mol. The summed E-state index contributed by atoms with van der Waals surface area (Å²) in [5.74, 6) is 0.469. The third kappa shape index (κ3) is 4.50. The molecule has 0 saturated heterocycles. The van der Waals surface area contributed by atoms with Gasteiger partial charge in [0, 0.05) is 18.2 Å². The molecule has 5 rings (SSSR count). The van der Waals surface area contributed by atoms with E-state index in [0.29, 0.717) is 24.5 Å². The zero-order valence-electron chi connectivity index (χ0n) is 21.3. The SMILES string of the molecule is COc1ccc(-c2cc3n(n2)C[C@](C)(C(=O)NC2CCCCC2)N(Cc2ccccc2C)C3=O)cc1. The highest BCUT2D eigenvalue weighted by Crippen LogP contribution is 2.33. The minimum atomic E-state index is -1.06. The lowest BCUT2D eigenvalue weighted by atomic mass is 9.91. The summed E-state index contributed by atoms with van der Waals surface area (Å²) in [5.41, 5.74) is 3.16. The van der Waals surface area contributed by atoms with Crippen LogP contribution in [0.5, 0.6) is 5.75 Å². The quantitative estimate of drug-likeness (QED) is 0.547. The maximum atomic E-state index is 14.0. The lowest BCUT2D eigenvalue weighted by Crippen LogP contribution is -2.64. The number of benzene rings is 2. The third-order valence-corrected chi connectivity index (χ3v) is 7.70. The Morgan fingerprint density at radius 1 is 1.11 bits per heavy atom. The van der Waals surface area contributed by atoms with Crippen molar-refractivity contribution in [1.82, 2.24) is 20.0 Å². The maximum absolute atomic E-state index is 14.0. The molecule has 7 nitrogen and oxygen atoms in total. The molecule has 36 heavy (non-hydrogen) atoms. The van der Waals surface area contributed by atoms with Crippen molar-refractivity contribution in [3.05, 3.63) is 71.4 Å². The van der Waals surface area contributed by atoms with E-state index >= 15 is 0 Å². The van der Waals surface area contributed by atoms with Crippen molar-refractivity contribution >= 4 is 11.8 Å².